The van der Waals surface area contributed by atoms with Crippen LogP contribution in [0.1, 0.15) is 11.3 Å². The van der Waals surface area contributed by atoms with Gasteiger partial charge in [0.15, 0.2) is 5.69 Å². The number of benzene rings is 1. The number of ether oxygens (including phenoxy) is 2. The van der Waals surface area contributed by atoms with Crippen LogP contribution >= 0.6 is 11.6 Å². The highest BCUT2D eigenvalue weighted by molar-refractivity contribution is 6.31. The van der Waals surface area contributed by atoms with Gasteiger partial charge in [0.1, 0.15) is 11.6 Å². The molecule has 0 unspecified atom stereocenters. The Morgan fingerprint density at radius 1 is 1.13 bits per heavy atom. The monoisotopic (exact) mass is 468 g/mol. The third-order valence-electron chi connectivity index (χ3n) is 3.85. The topological polar surface area (TPSA) is 82.0 Å². The first kappa shape index (κ1) is 22.5. The normalized spacial score (nSPS) is 12.2. The lowest BCUT2D eigenvalue weighted by atomic mass is 10.2. The quantitative estimate of drug-likeness (QED) is 0.563. The molecule has 0 aliphatic carbocycles. The molecule has 0 spiro atoms. The van der Waals surface area contributed by atoms with E-state index < -0.39 is 51.5 Å². The van der Waals surface area contributed by atoms with Gasteiger partial charge in [0.2, 0.25) is 11.6 Å². The zero-order chi connectivity index (χ0) is 23.1. The Morgan fingerprint density at radius 2 is 1.81 bits per heavy atom. The summed E-state index contributed by atoms with van der Waals surface area (Å²) in [5, 5.41) is 3.17. The van der Waals surface area contributed by atoms with Gasteiger partial charge in [-0.1, -0.05) is 11.6 Å². The third-order valence-corrected chi connectivity index (χ3v) is 4.18. The van der Waals surface area contributed by atoms with Crippen LogP contribution in [-0.2, 0) is 19.4 Å². The van der Waals surface area contributed by atoms with Crippen LogP contribution in [0.15, 0.2) is 29.2 Å². The van der Waals surface area contributed by atoms with Crippen molar-refractivity contribution in [2.75, 3.05) is 7.11 Å². The fourth-order valence-corrected chi connectivity index (χ4v) is 2.79. The van der Waals surface area contributed by atoms with Gasteiger partial charge in [0, 0.05) is 13.2 Å². The summed E-state index contributed by atoms with van der Waals surface area (Å²) in [5.74, 6) is -2.67. The summed E-state index contributed by atoms with van der Waals surface area (Å²) in [4.78, 5) is 17.9. The molecular weight excluding hydrogens is 458 g/mol. The molecule has 2 heterocycles. The third kappa shape index (κ3) is 4.60. The van der Waals surface area contributed by atoms with Crippen molar-refractivity contribution in [1.29, 1.82) is 0 Å². The maximum Gasteiger partial charge on any atom is 0.437 e. The van der Waals surface area contributed by atoms with E-state index in [9.17, 15) is 31.1 Å². The smallest absolute Gasteiger partial charge is 0.437 e. The molecule has 0 saturated heterocycles. The van der Waals surface area contributed by atoms with Crippen molar-refractivity contribution < 1.29 is 35.8 Å². The van der Waals surface area contributed by atoms with Gasteiger partial charge < -0.3 is 14.5 Å². The van der Waals surface area contributed by atoms with Gasteiger partial charge in [-0.15, -0.1) is 5.10 Å². The average Bonchev–Trinajstić information content (AvgIpc) is 3.03. The second-order valence-electron chi connectivity index (χ2n) is 6.06. The number of nitrogens with one attached hydrogen (secondary N) is 1. The van der Waals surface area contributed by atoms with Crippen LogP contribution in [0.5, 0.6) is 17.4 Å². The molecule has 1 aromatic carbocycles. The largest absolute Gasteiger partial charge is 0.479 e. The van der Waals surface area contributed by atoms with E-state index in [1.165, 1.54) is 25.0 Å². The van der Waals surface area contributed by atoms with Crippen molar-refractivity contribution in [3.63, 3.8) is 0 Å². The summed E-state index contributed by atoms with van der Waals surface area (Å²) in [6, 6.07) is 2.04. The van der Waals surface area contributed by atoms with Gasteiger partial charge >= 0.3 is 12.4 Å². The highest BCUT2D eigenvalue weighted by atomic mass is 35.5. The SMILES string of the molecule is COc1nn(C)cc1-c1nc(C(F)(F)F)c(Oc2ccc(Cl)c(C(F)(F)F)c2)c(=O)[nH]1. The Labute approximate surface area is 174 Å². The van der Waals surface area contributed by atoms with E-state index >= 15 is 0 Å². The molecule has 0 aliphatic heterocycles. The van der Waals surface area contributed by atoms with Crippen LogP contribution in [-0.4, -0.2) is 26.9 Å². The zero-order valence-corrected chi connectivity index (χ0v) is 16.3. The lowest BCUT2D eigenvalue weighted by Gasteiger charge is -2.15. The van der Waals surface area contributed by atoms with Gasteiger partial charge in [-0.05, 0) is 18.2 Å². The molecule has 14 heteroatoms. The van der Waals surface area contributed by atoms with Crippen molar-refractivity contribution in [1.82, 2.24) is 19.7 Å². The molecule has 7 nitrogen and oxygen atoms in total. The molecule has 0 saturated carbocycles. The lowest BCUT2D eigenvalue weighted by Crippen LogP contribution is -2.21. The molecule has 0 aliphatic rings. The van der Waals surface area contributed by atoms with Crippen LogP contribution in [0.4, 0.5) is 26.3 Å². The van der Waals surface area contributed by atoms with E-state index in [1.54, 1.807) is 0 Å². The maximum atomic E-state index is 13.6. The number of nitrogens with zero attached hydrogens (tertiary/aromatic N) is 3. The Hall–Kier alpha value is -3.22. The zero-order valence-electron chi connectivity index (χ0n) is 15.5. The second kappa shape index (κ2) is 7.80. The van der Waals surface area contributed by atoms with E-state index in [2.05, 4.69) is 15.1 Å². The second-order valence-corrected chi connectivity index (χ2v) is 6.46. The molecule has 0 atom stereocenters. The fourth-order valence-electron chi connectivity index (χ4n) is 2.56. The minimum absolute atomic E-state index is 0.0509. The Morgan fingerprint density at radius 3 is 2.39 bits per heavy atom. The van der Waals surface area contributed by atoms with E-state index in [0.29, 0.717) is 6.07 Å². The van der Waals surface area contributed by atoms with Crippen molar-refractivity contribution in [2.45, 2.75) is 12.4 Å². The summed E-state index contributed by atoms with van der Waals surface area (Å²) < 4.78 is 90.9. The minimum atomic E-state index is -5.17. The van der Waals surface area contributed by atoms with E-state index in [-0.39, 0.29) is 11.4 Å². The number of aromatic amines is 1. The van der Waals surface area contributed by atoms with Gasteiger partial charge in [-0.2, -0.15) is 26.3 Å². The van der Waals surface area contributed by atoms with Crippen LogP contribution in [0.2, 0.25) is 5.02 Å². The van der Waals surface area contributed by atoms with E-state index in [4.69, 9.17) is 21.1 Å². The molecule has 0 radical (unpaired) electrons. The highest BCUT2D eigenvalue weighted by Gasteiger charge is 2.40. The summed E-state index contributed by atoms with van der Waals surface area (Å²) in [6.45, 7) is 0. The fraction of sp³-hybridized carbons (Fsp3) is 0.235. The number of aryl methyl sites for hydroxylation is 1. The van der Waals surface area contributed by atoms with Crippen molar-refractivity contribution in [2.24, 2.45) is 7.05 Å². The molecule has 1 N–H and O–H groups in total. The number of alkyl halides is 6. The van der Waals surface area contributed by atoms with Crippen molar-refractivity contribution >= 4 is 11.6 Å². The van der Waals surface area contributed by atoms with Gasteiger partial charge in [-0.25, -0.2) is 4.98 Å². The number of aromatic nitrogens is 4. The summed E-state index contributed by atoms with van der Waals surface area (Å²) in [5.41, 5.74) is -4.53. The first-order valence-electron chi connectivity index (χ1n) is 8.15. The van der Waals surface area contributed by atoms with E-state index in [0.717, 1.165) is 12.1 Å². The van der Waals surface area contributed by atoms with Gasteiger partial charge in [-0.3, -0.25) is 9.48 Å². The number of H-pyrrole nitrogens is 1. The van der Waals surface area contributed by atoms with Gasteiger partial charge in [0.05, 0.1) is 23.3 Å². The number of hydrogen-bond donors (Lipinski definition) is 1. The summed E-state index contributed by atoms with van der Waals surface area (Å²) in [6.07, 6.45) is -8.81. The Balaban J connectivity index is 2.15. The molecular formula is C17H11ClF6N4O3. The number of rotatable bonds is 4. The molecule has 3 rings (SSSR count). The average molecular weight is 469 g/mol. The van der Waals surface area contributed by atoms with Crippen LogP contribution in [0.25, 0.3) is 11.4 Å². The van der Waals surface area contributed by atoms with Gasteiger partial charge in [0.25, 0.3) is 5.56 Å². The highest BCUT2D eigenvalue weighted by Crippen LogP contribution is 2.40. The molecule has 2 aromatic heterocycles. The van der Waals surface area contributed by atoms with Crippen LogP contribution in [0, 0.1) is 0 Å². The number of methoxy groups -OCH3 is 1. The van der Waals surface area contributed by atoms with E-state index in [1.807, 2.05) is 0 Å². The first-order valence-corrected chi connectivity index (χ1v) is 8.53. The molecule has 0 amide bonds. The van der Waals surface area contributed by atoms with Crippen LogP contribution < -0.4 is 15.0 Å². The van der Waals surface area contributed by atoms with Crippen molar-refractivity contribution in [3.8, 4) is 28.8 Å². The Bertz CT molecular complexity index is 1190. The maximum absolute atomic E-state index is 13.6. The van der Waals surface area contributed by atoms with Crippen molar-refractivity contribution in [3.05, 3.63) is 51.0 Å². The minimum Gasteiger partial charge on any atom is -0.479 e. The molecule has 166 valence electrons. The predicted molar refractivity (Wildman–Crippen MR) is 95.1 cm³/mol. The molecule has 0 bridgehead atoms. The van der Waals surface area contributed by atoms with Crippen LogP contribution in [0.3, 0.4) is 0 Å². The Kier molecular flexibility index (Phi) is 5.65. The lowest BCUT2D eigenvalue weighted by molar-refractivity contribution is -0.142. The standard InChI is InChI=1S/C17H11ClF6N4O3/c1-28-6-8(15(27-28)30-2)13-25-12(17(22,23)24)11(14(29)26-13)31-7-3-4-10(18)9(5-7)16(19,20)21/h3-6H,1-2H3,(H,25,26,29). The molecule has 3 aromatic rings. The molecule has 31 heavy (non-hydrogen) atoms. The number of hydrogen-bond acceptors (Lipinski definition) is 5. The molecule has 0 fully saturated rings. The summed E-state index contributed by atoms with van der Waals surface area (Å²) >= 11 is 5.48. The number of halogens is 7. The first-order chi connectivity index (χ1) is 14.3. The summed E-state index contributed by atoms with van der Waals surface area (Å²) in [7, 11) is 2.68. The predicted octanol–water partition coefficient (Wildman–Crippen LogP) is 4.66.